The van der Waals surface area contributed by atoms with Gasteiger partial charge in [-0.3, -0.25) is 0 Å². The highest BCUT2D eigenvalue weighted by atomic mass is 79.9. The van der Waals surface area contributed by atoms with Crippen molar-refractivity contribution >= 4 is 42.8 Å². The number of esters is 1. The van der Waals surface area contributed by atoms with Gasteiger partial charge in [-0.1, -0.05) is 28.8 Å². The van der Waals surface area contributed by atoms with Crippen LogP contribution in [0.3, 0.4) is 0 Å². The molecule has 1 heterocycles. The quantitative estimate of drug-likeness (QED) is 0.772. The number of nitrogens with one attached hydrogen (secondary N) is 2. The van der Waals surface area contributed by atoms with Gasteiger partial charge in [-0.05, 0) is 31.0 Å². The maximum atomic E-state index is 12.9. The van der Waals surface area contributed by atoms with Crippen molar-refractivity contribution in [1.29, 1.82) is 0 Å². The largest absolute Gasteiger partial charge is 0.464 e. The van der Waals surface area contributed by atoms with Crippen molar-refractivity contribution in [3.63, 3.8) is 0 Å². The summed E-state index contributed by atoms with van der Waals surface area (Å²) < 4.78 is 33.9. The molecule has 0 radical (unpaired) electrons. The van der Waals surface area contributed by atoms with Gasteiger partial charge in [0.1, 0.15) is 10.6 Å². The number of aromatic nitrogens is 1. The third-order valence-corrected chi connectivity index (χ3v) is 6.15. The standard InChI is InChI=1S/C15H17BrN2O4S/c1-22-15(19)13-14(11-8-9(16)6-7-12(11)17-13)23(20,21)18-10-4-2-3-5-10/h6-8,10,17-18H,2-5H2,1H3. The fourth-order valence-corrected chi connectivity index (χ4v) is 5.00. The maximum absolute atomic E-state index is 12.9. The van der Waals surface area contributed by atoms with Crippen LogP contribution in [0.5, 0.6) is 0 Å². The molecule has 1 aliphatic rings. The second-order valence-corrected chi connectivity index (χ2v) is 8.18. The molecular weight excluding hydrogens is 384 g/mol. The van der Waals surface area contributed by atoms with E-state index in [1.807, 2.05) is 0 Å². The lowest BCUT2D eigenvalue weighted by Crippen LogP contribution is -2.33. The van der Waals surface area contributed by atoms with Crippen LogP contribution >= 0.6 is 15.9 Å². The molecule has 1 aromatic carbocycles. The van der Waals surface area contributed by atoms with Gasteiger partial charge in [0.2, 0.25) is 10.0 Å². The molecule has 1 aromatic heterocycles. The Hall–Kier alpha value is -1.38. The van der Waals surface area contributed by atoms with Crippen molar-refractivity contribution in [2.24, 2.45) is 0 Å². The number of sulfonamides is 1. The zero-order valence-electron chi connectivity index (χ0n) is 12.6. The van der Waals surface area contributed by atoms with Crippen LogP contribution < -0.4 is 4.72 Å². The molecule has 0 bridgehead atoms. The van der Waals surface area contributed by atoms with E-state index >= 15 is 0 Å². The molecule has 8 heteroatoms. The monoisotopic (exact) mass is 400 g/mol. The smallest absolute Gasteiger partial charge is 0.355 e. The minimum atomic E-state index is -3.83. The maximum Gasteiger partial charge on any atom is 0.355 e. The first-order valence-corrected chi connectivity index (χ1v) is 9.62. The normalized spacial score (nSPS) is 16.1. The lowest BCUT2D eigenvalue weighted by molar-refractivity contribution is 0.0590. The lowest BCUT2D eigenvalue weighted by atomic mass is 10.2. The van der Waals surface area contributed by atoms with Crippen LogP contribution in [0.1, 0.15) is 36.2 Å². The van der Waals surface area contributed by atoms with Crippen LogP contribution in [0.15, 0.2) is 27.6 Å². The number of halogens is 1. The molecule has 0 unspecified atom stereocenters. The Morgan fingerprint density at radius 2 is 2.04 bits per heavy atom. The van der Waals surface area contributed by atoms with Gasteiger partial charge in [0.25, 0.3) is 0 Å². The summed E-state index contributed by atoms with van der Waals surface area (Å²) in [6, 6.07) is 5.10. The van der Waals surface area contributed by atoms with Gasteiger partial charge in [-0.15, -0.1) is 0 Å². The van der Waals surface area contributed by atoms with Crippen molar-refractivity contribution in [2.45, 2.75) is 36.6 Å². The zero-order valence-corrected chi connectivity index (χ0v) is 15.0. The Morgan fingerprint density at radius 1 is 1.35 bits per heavy atom. The van der Waals surface area contributed by atoms with E-state index in [4.69, 9.17) is 4.74 Å². The molecule has 0 aliphatic heterocycles. The van der Waals surface area contributed by atoms with Gasteiger partial charge in [0, 0.05) is 21.4 Å². The zero-order chi connectivity index (χ0) is 16.6. The van der Waals surface area contributed by atoms with Crippen molar-refractivity contribution in [3.05, 3.63) is 28.4 Å². The molecule has 124 valence electrons. The highest BCUT2D eigenvalue weighted by molar-refractivity contribution is 9.10. The summed E-state index contributed by atoms with van der Waals surface area (Å²) in [5.74, 6) is -0.705. The average molecular weight is 401 g/mol. The van der Waals surface area contributed by atoms with E-state index in [1.54, 1.807) is 18.2 Å². The number of ether oxygens (including phenoxy) is 1. The summed E-state index contributed by atoms with van der Waals surface area (Å²) in [5.41, 5.74) is 0.520. The van der Waals surface area contributed by atoms with Crippen LogP contribution in [0, 0.1) is 0 Å². The Kier molecular flexibility index (Phi) is 4.48. The number of fused-ring (bicyclic) bond motifs is 1. The predicted octanol–water partition coefficient (Wildman–Crippen LogP) is 2.94. The van der Waals surface area contributed by atoms with Crippen molar-refractivity contribution in [3.8, 4) is 0 Å². The minimum absolute atomic E-state index is 0.0486. The molecule has 0 amide bonds. The van der Waals surface area contributed by atoms with Crippen molar-refractivity contribution < 1.29 is 17.9 Å². The number of aromatic amines is 1. The Morgan fingerprint density at radius 3 is 2.70 bits per heavy atom. The third kappa shape index (κ3) is 3.15. The Balaban J connectivity index is 2.16. The highest BCUT2D eigenvalue weighted by Gasteiger charge is 2.31. The van der Waals surface area contributed by atoms with E-state index in [9.17, 15) is 13.2 Å². The molecule has 6 nitrogen and oxygen atoms in total. The van der Waals surface area contributed by atoms with Crippen LogP contribution in [-0.2, 0) is 14.8 Å². The second kappa shape index (κ2) is 6.26. The van der Waals surface area contributed by atoms with E-state index in [0.717, 1.165) is 30.2 Å². The van der Waals surface area contributed by atoms with Gasteiger partial charge in [-0.25, -0.2) is 17.9 Å². The number of carbonyl (C=O) groups excluding carboxylic acids is 1. The van der Waals surface area contributed by atoms with Gasteiger partial charge in [0.05, 0.1) is 7.11 Å². The summed E-state index contributed by atoms with van der Waals surface area (Å²) >= 11 is 3.34. The predicted molar refractivity (Wildman–Crippen MR) is 89.9 cm³/mol. The van der Waals surface area contributed by atoms with E-state index in [0.29, 0.717) is 10.9 Å². The van der Waals surface area contributed by atoms with Gasteiger partial charge in [0.15, 0.2) is 0 Å². The van der Waals surface area contributed by atoms with Gasteiger partial charge < -0.3 is 9.72 Å². The van der Waals surface area contributed by atoms with Gasteiger partial charge >= 0.3 is 5.97 Å². The van der Waals surface area contributed by atoms with E-state index in [2.05, 4.69) is 25.6 Å². The van der Waals surface area contributed by atoms with Crippen LogP contribution in [0.4, 0.5) is 0 Å². The third-order valence-electron chi connectivity index (χ3n) is 4.05. The molecule has 0 atom stereocenters. The highest BCUT2D eigenvalue weighted by Crippen LogP contribution is 2.31. The van der Waals surface area contributed by atoms with Gasteiger partial charge in [-0.2, -0.15) is 0 Å². The van der Waals surface area contributed by atoms with Crippen LogP contribution in [0.25, 0.3) is 10.9 Å². The molecule has 3 rings (SSSR count). The molecule has 1 aliphatic carbocycles. The molecule has 0 spiro atoms. The summed E-state index contributed by atoms with van der Waals surface area (Å²) in [4.78, 5) is 14.8. The summed E-state index contributed by atoms with van der Waals surface area (Å²) in [6.07, 6.45) is 3.66. The molecule has 1 fully saturated rings. The van der Waals surface area contributed by atoms with Crippen molar-refractivity contribution in [2.75, 3.05) is 7.11 Å². The summed E-state index contributed by atoms with van der Waals surface area (Å²) in [7, 11) is -2.61. The average Bonchev–Trinajstić information content (AvgIpc) is 3.12. The minimum Gasteiger partial charge on any atom is -0.464 e. The number of hydrogen-bond acceptors (Lipinski definition) is 4. The number of rotatable bonds is 4. The first-order valence-electron chi connectivity index (χ1n) is 7.34. The molecule has 0 saturated heterocycles. The fraction of sp³-hybridized carbons (Fsp3) is 0.400. The number of carbonyl (C=O) groups is 1. The Labute approximate surface area is 142 Å². The Bertz CT molecular complexity index is 854. The van der Waals surface area contributed by atoms with E-state index in [-0.39, 0.29) is 16.6 Å². The van der Waals surface area contributed by atoms with Crippen LogP contribution in [-0.4, -0.2) is 32.5 Å². The number of methoxy groups -OCH3 is 1. The van der Waals surface area contributed by atoms with Crippen LogP contribution in [0.2, 0.25) is 0 Å². The van der Waals surface area contributed by atoms with E-state index in [1.165, 1.54) is 7.11 Å². The fourth-order valence-electron chi connectivity index (χ4n) is 2.99. The first-order chi connectivity index (χ1) is 10.9. The van der Waals surface area contributed by atoms with Crippen molar-refractivity contribution in [1.82, 2.24) is 9.71 Å². The molecule has 1 saturated carbocycles. The second-order valence-electron chi connectivity index (χ2n) is 5.61. The number of H-pyrrole nitrogens is 1. The molecular formula is C15H17BrN2O4S. The molecule has 2 aromatic rings. The summed E-state index contributed by atoms with van der Waals surface area (Å²) in [6.45, 7) is 0. The SMILES string of the molecule is COC(=O)c1[nH]c2ccc(Br)cc2c1S(=O)(=O)NC1CCCC1. The number of benzene rings is 1. The first kappa shape index (κ1) is 16.5. The molecule has 2 N–H and O–H groups in total. The molecule has 23 heavy (non-hydrogen) atoms. The van der Waals surface area contributed by atoms with E-state index < -0.39 is 16.0 Å². The lowest BCUT2D eigenvalue weighted by Gasteiger charge is -2.13. The summed E-state index contributed by atoms with van der Waals surface area (Å²) in [5, 5.41) is 0.463. The number of hydrogen-bond donors (Lipinski definition) is 2. The topological polar surface area (TPSA) is 88.3 Å².